The van der Waals surface area contributed by atoms with Gasteiger partial charge in [0.05, 0.1) is 36.9 Å². The van der Waals surface area contributed by atoms with Crippen molar-refractivity contribution in [2.24, 2.45) is 16.3 Å². The van der Waals surface area contributed by atoms with Crippen LogP contribution in [0.15, 0.2) is 46.0 Å². The average molecular weight is 733 g/mol. The van der Waals surface area contributed by atoms with Gasteiger partial charge in [0, 0.05) is 91.9 Å². The average Bonchev–Trinajstić information content (AvgIpc) is 3.74. The number of aromatic nitrogens is 1. The molecular weight excluding hydrogens is 689 g/mol. The third kappa shape index (κ3) is 8.71. The number of hydrogen-bond acceptors (Lipinski definition) is 10. The highest BCUT2D eigenvalue weighted by molar-refractivity contribution is 7.09. The van der Waals surface area contributed by atoms with Gasteiger partial charge in [-0.25, -0.2) is 9.78 Å². The molecule has 3 aliphatic heterocycles. The number of piperazine rings is 1. The number of rotatable bonds is 12. The summed E-state index contributed by atoms with van der Waals surface area (Å²) < 4.78 is 10.5. The van der Waals surface area contributed by atoms with Crippen LogP contribution >= 0.6 is 34.5 Å². The largest absolute Gasteiger partial charge is 0.468 e. The van der Waals surface area contributed by atoms with E-state index >= 15 is 0 Å². The van der Waals surface area contributed by atoms with E-state index in [9.17, 15) is 19.2 Å². The van der Waals surface area contributed by atoms with Crippen molar-refractivity contribution in [1.82, 2.24) is 19.7 Å². The minimum Gasteiger partial charge on any atom is -0.468 e. The summed E-state index contributed by atoms with van der Waals surface area (Å²) in [6.07, 6.45) is 3.89. The number of thiazole rings is 1. The molecule has 1 aromatic carbocycles. The lowest BCUT2D eigenvalue weighted by molar-refractivity contribution is -0.143. The molecule has 5 rings (SSSR count). The summed E-state index contributed by atoms with van der Waals surface area (Å²) >= 11 is 14.9. The van der Waals surface area contributed by atoms with Gasteiger partial charge in [-0.15, -0.1) is 11.3 Å². The number of benzene rings is 1. The molecule has 0 radical (unpaired) electrons. The van der Waals surface area contributed by atoms with Crippen molar-refractivity contribution < 1.29 is 28.7 Å². The molecule has 0 saturated carbocycles. The Balaban J connectivity index is 1.42. The standard InChI is InChI=1S/C35H43Cl2N5O6S/c1-35(2,21-42-13-6-9-27(42)43)20-40-14-16-41(17-15-40)28(44)19-25-31(34(46)48-4)32(29-22(36)7-5-8-23(29)37)30(33(45)47-3)24(39-25)10-11-26-38-12-18-49-26/h5,7-8,12,18,30,32H,6,9-11,13-17,19-21H2,1-4H3. The second-order valence-corrected chi connectivity index (χ2v) is 15.2. The first-order valence-electron chi connectivity index (χ1n) is 16.5. The SMILES string of the molecule is COC(=O)C1=C(CC(=O)N2CCN(CC(C)(C)CN3CCCC3=O)CC2)N=C(CCc2nccs2)C(C(=O)OC)C1c1c(Cl)cccc1Cl. The number of hydrogen-bond donors (Lipinski definition) is 0. The van der Waals surface area contributed by atoms with Crippen LogP contribution in [0.4, 0.5) is 0 Å². The highest BCUT2D eigenvalue weighted by atomic mass is 35.5. The monoisotopic (exact) mass is 731 g/mol. The van der Waals surface area contributed by atoms with Crippen LogP contribution in [0.1, 0.15) is 56.0 Å². The number of carbonyl (C=O) groups excluding carboxylic acids is 4. The fourth-order valence-electron chi connectivity index (χ4n) is 7.13. The molecular formula is C35H43Cl2N5O6S. The molecule has 0 aliphatic carbocycles. The van der Waals surface area contributed by atoms with Gasteiger partial charge in [0.1, 0.15) is 5.92 Å². The highest BCUT2D eigenvalue weighted by Gasteiger charge is 2.46. The molecule has 0 bridgehead atoms. The molecule has 1 aromatic heterocycles. The number of likely N-dealkylation sites (tertiary alicyclic amines) is 1. The van der Waals surface area contributed by atoms with Gasteiger partial charge in [-0.2, -0.15) is 0 Å². The quantitative estimate of drug-likeness (QED) is 0.279. The molecule has 3 aliphatic rings. The van der Waals surface area contributed by atoms with E-state index in [2.05, 4.69) is 23.7 Å². The lowest BCUT2D eigenvalue weighted by atomic mass is 9.74. The number of amides is 2. The van der Waals surface area contributed by atoms with Gasteiger partial charge in [0.15, 0.2) is 0 Å². The molecule has 0 spiro atoms. The van der Waals surface area contributed by atoms with E-state index in [-0.39, 0.29) is 45.0 Å². The summed E-state index contributed by atoms with van der Waals surface area (Å²) in [4.78, 5) is 68.6. The van der Waals surface area contributed by atoms with Crippen LogP contribution in [0, 0.1) is 11.3 Å². The minimum atomic E-state index is -1.04. The van der Waals surface area contributed by atoms with Crippen LogP contribution in [0.3, 0.4) is 0 Å². The van der Waals surface area contributed by atoms with Gasteiger partial charge >= 0.3 is 11.9 Å². The predicted octanol–water partition coefficient (Wildman–Crippen LogP) is 5.02. The molecule has 2 unspecified atom stereocenters. The lowest BCUT2D eigenvalue weighted by Gasteiger charge is -2.40. The number of esters is 2. The van der Waals surface area contributed by atoms with Crippen molar-refractivity contribution in [2.75, 3.05) is 60.0 Å². The zero-order valence-electron chi connectivity index (χ0n) is 28.4. The van der Waals surface area contributed by atoms with Crippen LogP contribution in [0.5, 0.6) is 0 Å². The molecule has 2 amide bonds. The first-order valence-corrected chi connectivity index (χ1v) is 18.1. The minimum absolute atomic E-state index is 0.0519. The van der Waals surface area contributed by atoms with Gasteiger partial charge in [-0.1, -0.05) is 43.1 Å². The fourth-order valence-corrected chi connectivity index (χ4v) is 8.38. The molecule has 2 aromatic rings. The summed E-state index contributed by atoms with van der Waals surface area (Å²) in [6.45, 7) is 9.04. The Morgan fingerprint density at radius 1 is 1.00 bits per heavy atom. The van der Waals surface area contributed by atoms with Crippen molar-refractivity contribution in [3.8, 4) is 0 Å². The van der Waals surface area contributed by atoms with E-state index in [1.54, 1.807) is 29.3 Å². The summed E-state index contributed by atoms with van der Waals surface area (Å²) in [6, 6.07) is 4.96. The number of carbonyl (C=O) groups is 4. The maximum Gasteiger partial charge on any atom is 0.336 e. The summed E-state index contributed by atoms with van der Waals surface area (Å²) in [7, 11) is 2.52. The Morgan fingerprint density at radius 2 is 1.71 bits per heavy atom. The van der Waals surface area contributed by atoms with Gasteiger partial charge in [-0.05, 0) is 36.0 Å². The summed E-state index contributed by atoms with van der Waals surface area (Å²) in [5.41, 5.74) is 0.979. The van der Waals surface area contributed by atoms with Crippen molar-refractivity contribution >= 4 is 64.0 Å². The molecule has 14 heteroatoms. The first-order chi connectivity index (χ1) is 23.4. The molecule has 264 valence electrons. The Labute approximate surface area is 301 Å². The molecule has 2 saturated heterocycles. The molecule has 49 heavy (non-hydrogen) atoms. The predicted molar refractivity (Wildman–Crippen MR) is 189 cm³/mol. The maximum atomic E-state index is 13.9. The zero-order valence-corrected chi connectivity index (χ0v) is 30.7. The van der Waals surface area contributed by atoms with Gasteiger partial charge in [0.25, 0.3) is 0 Å². The van der Waals surface area contributed by atoms with Crippen molar-refractivity contribution in [1.29, 1.82) is 0 Å². The zero-order chi connectivity index (χ0) is 35.3. The Hall–Kier alpha value is -3.32. The number of ether oxygens (including phenoxy) is 2. The highest BCUT2D eigenvalue weighted by Crippen LogP contribution is 2.46. The summed E-state index contributed by atoms with van der Waals surface area (Å²) in [5.74, 6) is -3.37. The van der Waals surface area contributed by atoms with Crippen LogP contribution in [0.25, 0.3) is 0 Å². The fraction of sp³-hybridized carbons (Fsp3) is 0.543. The van der Waals surface area contributed by atoms with E-state index in [1.807, 2.05) is 10.3 Å². The molecule has 0 N–H and O–H groups in total. The number of nitrogens with zero attached hydrogens (tertiary/aromatic N) is 5. The smallest absolute Gasteiger partial charge is 0.336 e. The Kier molecular flexibility index (Phi) is 12.2. The van der Waals surface area contributed by atoms with Crippen LogP contribution in [-0.2, 0) is 35.1 Å². The van der Waals surface area contributed by atoms with Crippen LogP contribution in [0.2, 0.25) is 10.0 Å². The van der Waals surface area contributed by atoms with Gasteiger partial charge < -0.3 is 19.3 Å². The van der Waals surface area contributed by atoms with Crippen LogP contribution < -0.4 is 0 Å². The lowest BCUT2D eigenvalue weighted by Crippen LogP contribution is -2.52. The Bertz CT molecular complexity index is 1600. The molecule has 4 heterocycles. The number of aliphatic imine (C=N–C) groups is 1. The Morgan fingerprint density at radius 3 is 2.31 bits per heavy atom. The van der Waals surface area contributed by atoms with E-state index < -0.39 is 23.8 Å². The first kappa shape index (κ1) is 36.9. The van der Waals surface area contributed by atoms with Gasteiger partial charge in [0.2, 0.25) is 11.8 Å². The van der Waals surface area contributed by atoms with E-state index in [4.69, 9.17) is 37.7 Å². The third-order valence-corrected chi connectivity index (χ3v) is 10.8. The van der Waals surface area contributed by atoms with Crippen molar-refractivity contribution in [2.45, 2.75) is 51.9 Å². The molecule has 11 nitrogen and oxygen atoms in total. The molecule has 2 atom stereocenters. The number of methoxy groups -OCH3 is 2. The van der Waals surface area contributed by atoms with E-state index in [1.165, 1.54) is 25.6 Å². The topological polar surface area (TPSA) is 122 Å². The van der Waals surface area contributed by atoms with E-state index in [0.29, 0.717) is 63.3 Å². The maximum absolute atomic E-state index is 13.9. The second-order valence-electron chi connectivity index (χ2n) is 13.4. The van der Waals surface area contributed by atoms with Crippen molar-refractivity contribution in [3.05, 3.63) is 61.7 Å². The molecule has 2 fully saturated rings. The summed E-state index contributed by atoms with van der Waals surface area (Å²) in [5, 5.41) is 3.24. The second kappa shape index (κ2) is 16.1. The van der Waals surface area contributed by atoms with E-state index in [0.717, 1.165) is 24.5 Å². The normalized spacial score (nSPS) is 20.4. The van der Waals surface area contributed by atoms with Crippen LogP contribution in [-0.4, -0.2) is 109 Å². The number of aryl methyl sites for hydroxylation is 1. The van der Waals surface area contributed by atoms with Crippen molar-refractivity contribution in [3.63, 3.8) is 0 Å². The number of halogens is 2. The third-order valence-electron chi connectivity index (χ3n) is 9.33. The van der Waals surface area contributed by atoms with Gasteiger partial charge in [-0.3, -0.25) is 24.3 Å².